The number of hydrogen-bond acceptors (Lipinski definition) is 15. The first-order valence-electron chi connectivity index (χ1n) is 20.0. The zero-order valence-electron chi connectivity index (χ0n) is 34.6. The van der Waals surface area contributed by atoms with Gasteiger partial charge in [0.15, 0.2) is 18.9 Å². The quantitative estimate of drug-likeness (QED) is 0.0825. The van der Waals surface area contributed by atoms with E-state index < -0.39 is 91.9 Å². The molecule has 3 saturated heterocycles. The molecule has 0 saturated carbocycles. The van der Waals surface area contributed by atoms with Crippen LogP contribution in [-0.4, -0.2) is 123 Å². The van der Waals surface area contributed by atoms with Gasteiger partial charge in [-0.3, -0.25) is 0 Å². The van der Waals surface area contributed by atoms with Crippen LogP contribution in [0.15, 0.2) is 100 Å². The zero-order chi connectivity index (χ0) is 44.0. The van der Waals surface area contributed by atoms with Gasteiger partial charge < -0.3 is 57.6 Å². The first kappa shape index (κ1) is 46.5. The Kier molecular flexibility index (Phi) is 17.1. The lowest BCUT2D eigenvalue weighted by Gasteiger charge is -2.49. The molecule has 3 aromatic carbocycles. The third kappa shape index (κ3) is 11.5. The lowest BCUT2D eigenvalue weighted by Crippen LogP contribution is -2.65. The molecular weight excluding hydrogens is 811 g/mol. The van der Waals surface area contributed by atoms with Crippen molar-refractivity contribution in [3.05, 3.63) is 133 Å². The zero-order valence-corrected chi connectivity index (χ0v) is 34.6. The van der Waals surface area contributed by atoms with Crippen LogP contribution >= 0.6 is 0 Å². The van der Waals surface area contributed by atoms with E-state index in [1.165, 1.54) is 7.11 Å². The summed E-state index contributed by atoms with van der Waals surface area (Å²) in [6.45, 7) is 3.55. The maximum Gasteiger partial charge on any atom is 0.169 e. The topological polar surface area (TPSA) is 279 Å². The fraction of sp³-hybridized carbons (Fsp3) is 0.561. The maximum atomic E-state index is 12.0. The first-order valence-corrected chi connectivity index (χ1v) is 20.0. The van der Waals surface area contributed by atoms with Gasteiger partial charge in [-0.05, 0) is 59.3 Å². The lowest BCUT2D eigenvalue weighted by atomic mass is 9.94. The predicted molar refractivity (Wildman–Crippen MR) is 218 cm³/mol. The predicted octanol–water partition coefficient (Wildman–Crippen LogP) is 5.77. The second-order valence-electron chi connectivity index (χ2n) is 14.9. The van der Waals surface area contributed by atoms with Gasteiger partial charge in [-0.2, -0.15) is 0 Å². The highest BCUT2D eigenvalue weighted by molar-refractivity contribution is 5.26. The molecule has 0 aliphatic carbocycles. The summed E-state index contributed by atoms with van der Waals surface area (Å²) in [6, 6.07) is 22.0. The van der Waals surface area contributed by atoms with Gasteiger partial charge in [0.2, 0.25) is 0 Å². The SMILES string of the molecule is COc1ccc(COC[C@H]2O[C@@H](O[C@H]3[C@@H](O)[C@H](N=[N+]=[N-])[C@H](O[C@@H]4[C@@H](N=[N+]=[N-])[C@H](OC)O[C@H](C)[C@@H]4OCc4ccccc4)O[C@H]3C)[C@@H](N=[N+]=[N-])[C@@H](OCc3ccccc3)[C@@H]2O)cc1. The van der Waals surface area contributed by atoms with Gasteiger partial charge in [-0.1, -0.05) is 88.1 Å². The molecule has 0 radical (unpaired) electrons. The summed E-state index contributed by atoms with van der Waals surface area (Å²) in [6.07, 6.45) is -14.1. The minimum atomic E-state index is -1.62. The van der Waals surface area contributed by atoms with Crippen LogP contribution in [0.2, 0.25) is 0 Å². The molecular formula is C41H51N9O12. The number of rotatable bonds is 19. The van der Waals surface area contributed by atoms with Crippen molar-refractivity contribution in [3.8, 4) is 5.75 Å². The Morgan fingerprint density at radius 1 is 0.565 bits per heavy atom. The molecule has 21 nitrogen and oxygen atoms in total. The Morgan fingerprint density at radius 3 is 1.65 bits per heavy atom. The highest BCUT2D eigenvalue weighted by Crippen LogP contribution is 2.36. The summed E-state index contributed by atoms with van der Waals surface area (Å²) in [7, 11) is 2.96. The van der Waals surface area contributed by atoms with Crippen molar-refractivity contribution in [1.29, 1.82) is 0 Å². The lowest BCUT2D eigenvalue weighted by molar-refractivity contribution is -0.344. The van der Waals surface area contributed by atoms with E-state index in [1.54, 1.807) is 33.1 Å². The van der Waals surface area contributed by atoms with Gasteiger partial charge >= 0.3 is 0 Å². The van der Waals surface area contributed by atoms with Gasteiger partial charge in [0, 0.05) is 21.8 Å². The van der Waals surface area contributed by atoms with Crippen molar-refractivity contribution >= 4 is 0 Å². The molecule has 332 valence electrons. The maximum absolute atomic E-state index is 12.0. The van der Waals surface area contributed by atoms with Gasteiger partial charge in [0.1, 0.15) is 54.4 Å². The molecule has 15 atom stereocenters. The van der Waals surface area contributed by atoms with E-state index in [1.807, 2.05) is 72.8 Å². The van der Waals surface area contributed by atoms with Crippen LogP contribution < -0.4 is 4.74 Å². The summed E-state index contributed by atoms with van der Waals surface area (Å²) >= 11 is 0. The number of hydrogen-bond donors (Lipinski definition) is 2. The molecule has 0 unspecified atom stereocenters. The molecule has 3 heterocycles. The standard InChI is InChI=1S/C41H51N9O12/c1-23-35(34(52)30(45-48-42)40(59-23)62-38-32(47-50-44)39(54-4)58-24(2)36(38)56-20-25-11-7-5-8-12-25)61-41-31(46-49-43)37(57-21-26-13-9-6-10-14-26)33(51)29(60-41)22-55-19-27-15-17-28(53-3)18-16-27/h5-18,23-24,29-41,51-52H,19-22H2,1-4H3/t23-,24+,29+,30-,31-,32+,33+,34-,35+,36-,37+,38+,39+,40-,41-/m0/s1. The minimum Gasteiger partial charge on any atom is -0.497 e. The van der Waals surface area contributed by atoms with Gasteiger partial charge in [-0.15, -0.1) is 0 Å². The molecule has 62 heavy (non-hydrogen) atoms. The summed E-state index contributed by atoms with van der Waals surface area (Å²) in [5, 5.41) is 35.3. The summed E-state index contributed by atoms with van der Waals surface area (Å²) in [5.41, 5.74) is 31.5. The number of benzene rings is 3. The van der Waals surface area contributed by atoms with Crippen LogP contribution in [0.5, 0.6) is 5.75 Å². The van der Waals surface area contributed by atoms with Crippen molar-refractivity contribution in [3.63, 3.8) is 0 Å². The Labute approximate surface area is 357 Å². The Morgan fingerprint density at radius 2 is 1.06 bits per heavy atom. The Hall–Kier alpha value is -5.05. The molecule has 3 aliphatic rings. The van der Waals surface area contributed by atoms with Crippen molar-refractivity contribution in [2.45, 2.75) is 126 Å². The third-order valence-corrected chi connectivity index (χ3v) is 10.8. The minimum absolute atomic E-state index is 0.0390. The normalized spacial score (nSPS) is 33.3. The fourth-order valence-corrected chi connectivity index (χ4v) is 7.62. The van der Waals surface area contributed by atoms with Crippen molar-refractivity contribution < 1.29 is 57.6 Å². The van der Waals surface area contributed by atoms with E-state index in [2.05, 4.69) is 30.1 Å². The molecule has 3 aliphatic heterocycles. The number of aliphatic hydroxyl groups excluding tert-OH is 2. The molecule has 0 spiro atoms. The van der Waals surface area contributed by atoms with Crippen LogP contribution in [0.25, 0.3) is 31.3 Å². The van der Waals surface area contributed by atoms with Crippen LogP contribution in [-0.2, 0) is 62.5 Å². The summed E-state index contributed by atoms with van der Waals surface area (Å²) in [5.74, 6) is 0.679. The fourth-order valence-electron chi connectivity index (χ4n) is 7.62. The van der Waals surface area contributed by atoms with Gasteiger partial charge in [-0.25, -0.2) is 0 Å². The Bertz CT molecular complexity index is 1990. The van der Waals surface area contributed by atoms with Crippen LogP contribution in [0.1, 0.15) is 30.5 Å². The summed E-state index contributed by atoms with van der Waals surface area (Å²) in [4.78, 5) is 8.98. The number of aliphatic hydroxyl groups is 2. The smallest absolute Gasteiger partial charge is 0.169 e. The molecule has 21 heteroatoms. The van der Waals surface area contributed by atoms with E-state index in [0.29, 0.717) is 5.75 Å². The van der Waals surface area contributed by atoms with E-state index in [4.69, 9.17) is 47.4 Å². The van der Waals surface area contributed by atoms with Gasteiger partial charge in [0.25, 0.3) is 0 Å². The third-order valence-electron chi connectivity index (χ3n) is 10.8. The van der Waals surface area contributed by atoms with E-state index in [0.717, 1.165) is 16.7 Å². The first-order chi connectivity index (χ1) is 30.2. The van der Waals surface area contributed by atoms with E-state index >= 15 is 0 Å². The largest absolute Gasteiger partial charge is 0.497 e. The molecule has 0 bridgehead atoms. The molecule has 3 fully saturated rings. The average molecular weight is 862 g/mol. The second-order valence-corrected chi connectivity index (χ2v) is 14.9. The number of ether oxygens (including phenoxy) is 10. The van der Waals surface area contributed by atoms with Crippen LogP contribution in [0.3, 0.4) is 0 Å². The van der Waals surface area contributed by atoms with E-state index in [9.17, 15) is 26.8 Å². The average Bonchev–Trinajstić information content (AvgIpc) is 3.29. The molecule has 0 amide bonds. The molecule has 0 aromatic heterocycles. The van der Waals surface area contributed by atoms with Gasteiger partial charge in [0.05, 0.1) is 58.0 Å². The highest BCUT2D eigenvalue weighted by atomic mass is 16.7. The molecule has 3 aromatic rings. The molecule has 2 N–H and O–H groups in total. The molecule has 6 rings (SSSR count). The van der Waals surface area contributed by atoms with Crippen molar-refractivity contribution in [2.75, 3.05) is 20.8 Å². The van der Waals surface area contributed by atoms with Crippen LogP contribution in [0.4, 0.5) is 0 Å². The highest BCUT2D eigenvalue weighted by Gasteiger charge is 2.54. The Balaban J connectivity index is 1.24. The van der Waals surface area contributed by atoms with Crippen molar-refractivity contribution in [2.24, 2.45) is 15.3 Å². The number of nitrogens with zero attached hydrogens (tertiary/aromatic N) is 9. The van der Waals surface area contributed by atoms with Crippen LogP contribution in [0, 0.1) is 0 Å². The summed E-state index contributed by atoms with van der Waals surface area (Å²) < 4.78 is 60.8. The number of azide groups is 3. The second kappa shape index (κ2) is 22.9. The monoisotopic (exact) mass is 861 g/mol. The van der Waals surface area contributed by atoms with Crippen molar-refractivity contribution in [1.82, 2.24) is 0 Å². The number of methoxy groups -OCH3 is 2. The van der Waals surface area contributed by atoms with E-state index in [-0.39, 0.29) is 26.4 Å².